The molecule has 1 saturated heterocycles. The molecule has 0 aromatic heterocycles. The van der Waals surface area contributed by atoms with Gasteiger partial charge >= 0.3 is 0 Å². The number of hydrogen-bond acceptors (Lipinski definition) is 3. The van der Waals surface area contributed by atoms with Crippen LogP contribution in [0, 0.1) is 0 Å². The van der Waals surface area contributed by atoms with Gasteiger partial charge in [0.1, 0.15) is 0 Å². The first kappa shape index (κ1) is 17.8. The van der Waals surface area contributed by atoms with Crippen LogP contribution in [0.25, 0.3) is 0 Å². The quantitative estimate of drug-likeness (QED) is 0.868. The Kier molecular flexibility index (Phi) is 6.42. The molecule has 1 aliphatic rings. The van der Waals surface area contributed by atoms with Crippen LogP contribution in [0.4, 0.5) is 5.69 Å². The number of benzene rings is 1. The Hall–Kier alpha value is -1.59. The van der Waals surface area contributed by atoms with E-state index in [4.69, 9.17) is 11.6 Å². The van der Waals surface area contributed by atoms with Crippen LogP contribution in [0.2, 0.25) is 5.02 Å². The number of carbonyl (C=O) groups excluding carboxylic acids is 2. The van der Waals surface area contributed by atoms with Gasteiger partial charge in [0.2, 0.25) is 5.91 Å². The molecule has 1 aliphatic heterocycles. The Morgan fingerprint density at radius 3 is 2.61 bits per heavy atom. The van der Waals surface area contributed by atoms with Gasteiger partial charge in [-0.3, -0.25) is 9.59 Å². The molecule has 1 aromatic rings. The SMILES string of the molecule is CCN(CC)C(=O)c1ccc(NC(=O)C2CCCCN2)cc1Cl. The number of carbonyl (C=O) groups is 2. The standard InChI is InChI=1S/C17H24ClN3O2/c1-3-21(4-2)17(23)13-9-8-12(11-14(13)18)20-16(22)15-7-5-6-10-19-15/h8-9,11,15,19H,3-7,10H2,1-2H3,(H,20,22). The normalized spacial score (nSPS) is 17.6. The van der Waals surface area contributed by atoms with Gasteiger partial charge in [0, 0.05) is 18.8 Å². The highest BCUT2D eigenvalue weighted by molar-refractivity contribution is 6.34. The predicted molar refractivity (Wildman–Crippen MR) is 93.0 cm³/mol. The maximum atomic E-state index is 12.4. The zero-order valence-corrected chi connectivity index (χ0v) is 14.4. The van der Waals surface area contributed by atoms with Crippen LogP contribution in [0.1, 0.15) is 43.5 Å². The minimum Gasteiger partial charge on any atom is -0.339 e. The molecular formula is C17H24ClN3O2. The van der Waals surface area contributed by atoms with Crippen LogP contribution in [0.15, 0.2) is 18.2 Å². The summed E-state index contributed by atoms with van der Waals surface area (Å²) in [6.07, 6.45) is 3.01. The summed E-state index contributed by atoms with van der Waals surface area (Å²) in [6.45, 7) is 6.01. The first-order chi connectivity index (χ1) is 11.1. The minimum absolute atomic E-state index is 0.0522. The topological polar surface area (TPSA) is 61.4 Å². The molecular weight excluding hydrogens is 314 g/mol. The van der Waals surface area contributed by atoms with Gasteiger partial charge < -0.3 is 15.5 Å². The fourth-order valence-corrected chi connectivity index (χ4v) is 3.01. The molecule has 1 unspecified atom stereocenters. The molecule has 2 rings (SSSR count). The van der Waals surface area contributed by atoms with Crippen molar-refractivity contribution >= 4 is 29.1 Å². The Balaban J connectivity index is 2.06. The highest BCUT2D eigenvalue weighted by Gasteiger charge is 2.21. The predicted octanol–water partition coefficient (Wildman–Crippen LogP) is 2.90. The third-order valence-electron chi connectivity index (χ3n) is 4.14. The number of halogens is 1. The monoisotopic (exact) mass is 337 g/mol. The fourth-order valence-electron chi connectivity index (χ4n) is 2.75. The Morgan fingerprint density at radius 1 is 1.30 bits per heavy atom. The lowest BCUT2D eigenvalue weighted by atomic mass is 10.0. The molecule has 0 spiro atoms. The second-order valence-corrected chi connectivity index (χ2v) is 6.07. The Bertz CT molecular complexity index is 567. The molecule has 2 N–H and O–H groups in total. The summed E-state index contributed by atoms with van der Waals surface area (Å²) in [5, 5.41) is 6.43. The lowest BCUT2D eigenvalue weighted by molar-refractivity contribution is -0.118. The highest BCUT2D eigenvalue weighted by atomic mass is 35.5. The van der Waals surface area contributed by atoms with Gasteiger partial charge in [0.15, 0.2) is 0 Å². The van der Waals surface area contributed by atoms with Crippen LogP contribution >= 0.6 is 11.6 Å². The molecule has 23 heavy (non-hydrogen) atoms. The lowest BCUT2D eigenvalue weighted by Crippen LogP contribution is -2.43. The summed E-state index contributed by atoms with van der Waals surface area (Å²) < 4.78 is 0. The van der Waals surface area contributed by atoms with Gasteiger partial charge in [-0.25, -0.2) is 0 Å². The maximum Gasteiger partial charge on any atom is 0.255 e. The van der Waals surface area contributed by atoms with Gasteiger partial charge in [0.25, 0.3) is 5.91 Å². The van der Waals surface area contributed by atoms with Crippen molar-refractivity contribution in [3.8, 4) is 0 Å². The lowest BCUT2D eigenvalue weighted by Gasteiger charge is -2.23. The summed E-state index contributed by atoms with van der Waals surface area (Å²) in [7, 11) is 0. The number of anilines is 1. The number of rotatable bonds is 5. The molecule has 5 nitrogen and oxygen atoms in total. The zero-order chi connectivity index (χ0) is 16.8. The van der Waals surface area contributed by atoms with Crippen molar-refractivity contribution in [3.63, 3.8) is 0 Å². The van der Waals surface area contributed by atoms with Crippen LogP contribution in [0.5, 0.6) is 0 Å². The zero-order valence-electron chi connectivity index (χ0n) is 13.7. The van der Waals surface area contributed by atoms with Crippen molar-refractivity contribution < 1.29 is 9.59 Å². The molecule has 0 aliphatic carbocycles. The van der Waals surface area contributed by atoms with Crippen LogP contribution < -0.4 is 10.6 Å². The largest absolute Gasteiger partial charge is 0.339 e. The molecule has 1 aromatic carbocycles. The summed E-state index contributed by atoms with van der Waals surface area (Å²) in [6, 6.07) is 4.88. The second-order valence-electron chi connectivity index (χ2n) is 5.66. The van der Waals surface area contributed by atoms with Crippen LogP contribution in [-0.4, -0.2) is 42.4 Å². The molecule has 126 valence electrons. The van der Waals surface area contributed by atoms with Gasteiger partial charge in [-0.1, -0.05) is 18.0 Å². The van der Waals surface area contributed by atoms with E-state index in [1.54, 1.807) is 23.1 Å². The summed E-state index contributed by atoms with van der Waals surface area (Å²) in [4.78, 5) is 26.3. The number of piperidine rings is 1. The summed E-state index contributed by atoms with van der Waals surface area (Å²) in [5.74, 6) is -0.143. The second kappa shape index (κ2) is 8.31. The van der Waals surface area contributed by atoms with Crippen LogP contribution in [-0.2, 0) is 4.79 Å². The van der Waals surface area contributed by atoms with E-state index in [1.807, 2.05) is 13.8 Å². The molecule has 1 heterocycles. The fraction of sp³-hybridized carbons (Fsp3) is 0.529. The van der Waals surface area contributed by atoms with E-state index in [0.29, 0.717) is 29.4 Å². The first-order valence-corrected chi connectivity index (χ1v) is 8.57. The molecule has 0 saturated carbocycles. The van der Waals surface area contributed by atoms with E-state index in [1.165, 1.54) is 0 Å². The number of hydrogen-bond donors (Lipinski definition) is 2. The van der Waals surface area contributed by atoms with Gasteiger partial charge in [-0.2, -0.15) is 0 Å². The number of amides is 2. The highest BCUT2D eigenvalue weighted by Crippen LogP contribution is 2.23. The van der Waals surface area contributed by atoms with Gasteiger partial charge in [0.05, 0.1) is 16.6 Å². The first-order valence-electron chi connectivity index (χ1n) is 8.19. The average molecular weight is 338 g/mol. The smallest absolute Gasteiger partial charge is 0.255 e. The van der Waals surface area contributed by atoms with Crippen molar-refractivity contribution in [1.82, 2.24) is 10.2 Å². The van der Waals surface area contributed by atoms with Gasteiger partial charge in [-0.05, 0) is 51.4 Å². The molecule has 1 atom stereocenters. The molecule has 1 fully saturated rings. The average Bonchev–Trinajstić information content (AvgIpc) is 2.56. The van der Waals surface area contributed by atoms with E-state index in [9.17, 15) is 9.59 Å². The van der Waals surface area contributed by atoms with Crippen LogP contribution in [0.3, 0.4) is 0 Å². The van der Waals surface area contributed by atoms with Crippen molar-refractivity contribution in [2.24, 2.45) is 0 Å². The Labute approximate surface area is 142 Å². The van der Waals surface area contributed by atoms with E-state index >= 15 is 0 Å². The van der Waals surface area contributed by atoms with E-state index < -0.39 is 0 Å². The third-order valence-corrected chi connectivity index (χ3v) is 4.46. The third kappa shape index (κ3) is 4.45. The van der Waals surface area contributed by atoms with E-state index in [2.05, 4.69) is 10.6 Å². The van der Waals surface area contributed by atoms with E-state index in [-0.39, 0.29) is 17.9 Å². The van der Waals surface area contributed by atoms with Gasteiger partial charge in [-0.15, -0.1) is 0 Å². The molecule has 6 heteroatoms. The van der Waals surface area contributed by atoms with Crippen molar-refractivity contribution in [2.75, 3.05) is 25.0 Å². The minimum atomic E-state index is -0.153. The summed E-state index contributed by atoms with van der Waals surface area (Å²) in [5.41, 5.74) is 1.08. The molecule has 2 amide bonds. The number of nitrogens with one attached hydrogen (secondary N) is 2. The maximum absolute atomic E-state index is 12.4. The van der Waals surface area contributed by atoms with E-state index in [0.717, 1.165) is 25.8 Å². The van der Waals surface area contributed by atoms with Crippen molar-refractivity contribution in [1.29, 1.82) is 0 Å². The van der Waals surface area contributed by atoms with Crippen molar-refractivity contribution in [2.45, 2.75) is 39.2 Å². The molecule has 0 bridgehead atoms. The van der Waals surface area contributed by atoms with Crippen molar-refractivity contribution in [3.05, 3.63) is 28.8 Å². The number of nitrogens with zero attached hydrogens (tertiary/aromatic N) is 1. The summed E-state index contributed by atoms with van der Waals surface area (Å²) >= 11 is 6.24. The molecule has 0 radical (unpaired) electrons. The Morgan fingerprint density at radius 2 is 2.04 bits per heavy atom.